The number of fused-ring (bicyclic) bond motifs is 1. The van der Waals surface area contributed by atoms with Crippen LogP contribution in [0.1, 0.15) is 22.8 Å². The molecule has 0 aromatic heterocycles. The SMILES string of the molecule is CC(=O)Oc1cc2ccccc2cc1C(=O)Nc1ccccc1C. The third-order valence-electron chi connectivity index (χ3n) is 3.74. The summed E-state index contributed by atoms with van der Waals surface area (Å²) < 4.78 is 5.24. The number of amides is 1. The van der Waals surface area contributed by atoms with Gasteiger partial charge in [-0.25, -0.2) is 0 Å². The summed E-state index contributed by atoms with van der Waals surface area (Å²) in [5, 5.41) is 4.68. The van der Waals surface area contributed by atoms with Crippen LogP contribution in [0.25, 0.3) is 10.8 Å². The van der Waals surface area contributed by atoms with E-state index in [2.05, 4.69) is 5.32 Å². The van der Waals surface area contributed by atoms with Crippen LogP contribution in [-0.4, -0.2) is 11.9 Å². The summed E-state index contributed by atoms with van der Waals surface area (Å²) in [6, 6.07) is 18.6. The Bertz CT molecular complexity index is 931. The van der Waals surface area contributed by atoms with Crippen LogP contribution in [0, 0.1) is 6.92 Å². The van der Waals surface area contributed by atoms with Gasteiger partial charge in [-0.05, 0) is 41.5 Å². The number of carbonyl (C=O) groups excluding carboxylic acids is 2. The Kier molecular flexibility index (Phi) is 4.29. The highest BCUT2D eigenvalue weighted by Gasteiger charge is 2.16. The first-order valence-corrected chi connectivity index (χ1v) is 7.63. The largest absolute Gasteiger partial charge is 0.426 e. The first-order valence-electron chi connectivity index (χ1n) is 7.63. The van der Waals surface area contributed by atoms with Crippen molar-refractivity contribution >= 4 is 28.3 Å². The predicted octanol–water partition coefficient (Wildman–Crippen LogP) is 4.33. The maximum absolute atomic E-state index is 12.7. The third-order valence-corrected chi connectivity index (χ3v) is 3.74. The lowest BCUT2D eigenvalue weighted by Gasteiger charge is -2.12. The number of hydrogen-bond acceptors (Lipinski definition) is 3. The molecule has 24 heavy (non-hydrogen) atoms. The van der Waals surface area contributed by atoms with Crippen LogP contribution in [0.4, 0.5) is 5.69 Å². The molecule has 0 aliphatic rings. The van der Waals surface area contributed by atoms with Crippen molar-refractivity contribution in [2.24, 2.45) is 0 Å². The van der Waals surface area contributed by atoms with E-state index in [1.165, 1.54) is 6.92 Å². The molecule has 0 spiro atoms. The van der Waals surface area contributed by atoms with Crippen molar-refractivity contribution in [3.63, 3.8) is 0 Å². The molecule has 120 valence electrons. The lowest BCUT2D eigenvalue weighted by atomic mass is 10.0. The maximum atomic E-state index is 12.7. The van der Waals surface area contributed by atoms with E-state index >= 15 is 0 Å². The van der Waals surface area contributed by atoms with Crippen molar-refractivity contribution < 1.29 is 14.3 Å². The molecule has 0 bridgehead atoms. The van der Waals surface area contributed by atoms with Crippen molar-refractivity contribution in [3.8, 4) is 5.75 Å². The van der Waals surface area contributed by atoms with Crippen molar-refractivity contribution in [3.05, 3.63) is 71.8 Å². The molecule has 4 heteroatoms. The van der Waals surface area contributed by atoms with Gasteiger partial charge in [0.15, 0.2) is 0 Å². The minimum Gasteiger partial charge on any atom is -0.426 e. The average Bonchev–Trinajstić information content (AvgIpc) is 2.55. The van der Waals surface area contributed by atoms with Crippen LogP contribution in [-0.2, 0) is 4.79 Å². The summed E-state index contributed by atoms with van der Waals surface area (Å²) in [7, 11) is 0. The van der Waals surface area contributed by atoms with E-state index in [1.807, 2.05) is 55.5 Å². The second-order valence-electron chi connectivity index (χ2n) is 5.56. The zero-order chi connectivity index (χ0) is 17.1. The normalized spacial score (nSPS) is 10.4. The summed E-state index contributed by atoms with van der Waals surface area (Å²) in [6.07, 6.45) is 0. The molecule has 0 heterocycles. The van der Waals surface area contributed by atoms with Crippen LogP contribution < -0.4 is 10.1 Å². The van der Waals surface area contributed by atoms with E-state index in [1.54, 1.807) is 12.1 Å². The molecule has 0 unspecified atom stereocenters. The monoisotopic (exact) mass is 319 g/mol. The summed E-state index contributed by atoms with van der Waals surface area (Å²) in [5.74, 6) is -0.520. The molecule has 0 aliphatic carbocycles. The Morgan fingerprint density at radius 3 is 2.21 bits per heavy atom. The van der Waals surface area contributed by atoms with Gasteiger partial charge in [-0.15, -0.1) is 0 Å². The van der Waals surface area contributed by atoms with Gasteiger partial charge >= 0.3 is 5.97 Å². The van der Waals surface area contributed by atoms with Gasteiger partial charge in [0.1, 0.15) is 5.75 Å². The lowest BCUT2D eigenvalue weighted by molar-refractivity contribution is -0.131. The molecule has 3 aromatic rings. The van der Waals surface area contributed by atoms with Crippen molar-refractivity contribution in [1.29, 1.82) is 0 Å². The molecule has 0 saturated carbocycles. The Morgan fingerprint density at radius 2 is 1.54 bits per heavy atom. The van der Waals surface area contributed by atoms with Crippen LogP contribution in [0.2, 0.25) is 0 Å². The smallest absolute Gasteiger partial charge is 0.308 e. The predicted molar refractivity (Wildman–Crippen MR) is 94.4 cm³/mol. The molecule has 3 aromatic carbocycles. The molecule has 0 radical (unpaired) electrons. The van der Waals surface area contributed by atoms with E-state index in [0.29, 0.717) is 5.56 Å². The van der Waals surface area contributed by atoms with Gasteiger partial charge in [-0.3, -0.25) is 9.59 Å². The molecule has 4 nitrogen and oxygen atoms in total. The van der Waals surface area contributed by atoms with E-state index in [0.717, 1.165) is 22.0 Å². The van der Waals surface area contributed by atoms with Gasteiger partial charge in [0, 0.05) is 12.6 Å². The molecule has 0 atom stereocenters. The fourth-order valence-electron chi connectivity index (χ4n) is 2.54. The minimum atomic E-state index is -0.463. The van der Waals surface area contributed by atoms with Gasteiger partial charge in [0.2, 0.25) is 0 Å². The molecule has 1 amide bonds. The molecule has 0 fully saturated rings. The second kappa shape index (κ2) is 6.54. The average molecular weight is 319 g/mol. The third kappa shape index (κ3) is 3.27. The van der Waals surface area contributed by atoms with E-state index in [9.17, 15) is 9.59 Å². The van der Waals surface area contributed by atoms with Crippen molar-refractivity contribution in [2.45, 2.75) is 13.8 Å². The zero-order valence-electron chi connectivity index (χ0n) is 13.5. The van der Waals surface area contributed by atoms with Gasteiger partial charge in [-0.2, -0.15) is 0 Å². The summed E-state index contributed by atoms with van der Waals surface area (Å²) >= 11 is 0. The van der Waals surface area contributed by atoms with Crippen LogP contribution in [0.3, 0.4) is 0 Å². The van der Waals surface area contributed by atoms with E-state index in [4.69, 9.17) is 4.74 Å². The first-order chi connectivity index (χ1) is 11.5. The number of hydrogen-bond donors (Lipinski definition) is 1. The summed E-state index contributed by atoms with van der Waals surface area (Å²) in [6.45, 7) is 3.24. The van der Waals surface area contributed by atoms with E-state index in [-0.39, 0.29) is 11.7 Å². The van der Waals surface area contributed by atoms with Crippen LogP contribution >= 0.6 is 0 Å². The molecule has 0 saturated heterocycles. The van der Waals surface area contributed by atoms with Crippen molar-refractivity contribution in [1.82, 2.24) is 0 Å². The number of aryl methyl sites for hydroxylation is 1. The zero-order valence-corrected chi connectivity index (χ0v) is 13.5. The van der Waals surface area contributed by atoms with Crippen LogP contribution in [0.5, 0.6) is 5.75 Å². The van der Waals surface area contributed by atoms with Crippen molar-refractivity contribution in [2.75, 3.05) is 5.32 Å². The number of ether oxygens (including phenoxy) is 1. The van der Waals surface area contributed by atoms with Crippen LogP contribution in [0.15, 0.2) is 60.7 Å². The lowest BCUT2D eigenvalue weighted by Crippen LogP contribution is -2.15. The number of esters is 1. The highest BCUT2D eigenvalue weighted by atomic mass is 16.5. The quantitative estimate of drug-likeness (QED) is 0.577. The molecule has 3 rings (SSSR count). The van der Waals surface area contributed by atoms with Gasteiger partial charge in [0.05, 0.1) is 5.56 Å². The molecular weight excluding hydrogens is 302 g/mol. The molecule has 0 aliphatic heterocycles. The number of para-hydroxylation sites is 1. The number of anilines is 1. The first kappa shape index (κ1) is 15.7. The number of rotatable bonds is 3. The Morgan fingerprint density at radius 1 is 0.917 bits per heavy atom. The molecular formula is C20H17NO3. The number of benzene rings is 3. The molecule has 1 N–H and O–H groups in total. The Balaban J connectivity index is 2.04. The second-order valence-corrected chi connectivity index (χ2v) is 5.56. The van der Waals surface area contributed by atoms with Gasteiger partial charge in [-0.1, -0.05) is 42.5 Å². The standard InChI is InChI=1S/C20H17NO3/c1-13-7-3-6-10-18(13)21-20(23)17-11-15-8-4-5-9-16(15)12-19(17)24-14(2)22/h3-12H,1-2H3,(H,21,23). The number of carbonyl (C=O) groups is 2. The fraction of sp³-hybridized carbons (Fsp3) is 0.100. The Labute approximate surface area is 140 Å². The highest BCUT2D eigenvalue weighted by molar-refractivity contribution is 6.09. The summed E-state index contributed by atoms with van der Waals surface area (Å²) in [5.41, 5.74) is 2.01. The minimum absolute atomic E-state index is 0.257. The number of nitrogens with one attached hydrogen (secondary N) is 1. The fourth-order valence-corrected chi connectivity index (χ4v) is 2.54. The Hall–Kier alpha value is -3.14. The highest BCUT2D eigenvalue weighted by Crippen LogP contribution is 2.27. The van der Waals surface area contributed by atoms with Gasteiger partial charge < -0.3 is 10.1 Å². The van der Waals surface area contributed by atoms with E-state index < -0.39 is 5.97 Å². The van der Waals surface area contributed by atoms with Gasteiger partial charge in [0.25, 0.3) is 5.91 Å². The maximum Gasteiger partial charge on any atom is 0.308 e. The topological polar surface area (TPSA) is 55.4 Å². The summed E-state index contributed by atoms with van der Waals surface area (Å²) in [4.78, 5) is 24.1.